The highest BCUT2D eigenvalue weighted by molar-refractivity contribution is 5.88. The van der Waals surface area contributed by atoms with Crippen molar-refractivity contribution in [2.24, 2.45) is 0 Å². The van der Waals surface area contributed by atoms with Crippen LogP contribution in [-0.2, 0) is 11.3 Å². The number of benzene rings is 1. The van der Waals surface area contributed by atoms with Gasteiger partial charge in [0.25, 0.3) is 0 Å². The van der Waals surface area contributed by atoms with Crippen LogP contribution in [0.3, 0.4) is 0 Å². The molecule has 0 bridgehead atoms. The van der Waals surface area contributed by atoms with E-state index in [1.165, 1.54) is 31.7 Å². The van der Waals surface area contributed by atoms with Crippen molar-refractivity contribution < 1.29 is 9.90 Å². The van der Waals surface area contributed by atoms with Crippen LogP contribution in [0.5, 0.6) is 0 Å². The summed E-state index contributed by atoms with van der Waals surface area (Å²) in [4.78, 5) is 16.3. The Labute approximate surface area is 144 Å². The molecule has 1 aromatic rings. The summed E-state index contributed by atoms with van der Waals surface area (Å²) in [5.74, 6) is -0.0322. The average molecular weight is 331 g/mol. The van der Waals surface area contributed by atoms with Crippen molar-refractivity contribution >= 4 is 11.6 Å². The third kappa shape index (κ3) is 4.35. The number of nitrogens with zero attached hydrogens (tertiary/aromatic N) is 2. The van der Waals surface area contributed by atoms with Crippen molar-refractivity contribution in [3.05, 3.63) is 29.8 Å². The average Bonchev–Trinajstić information content (AvgIpc) is 3.17. The molecule has 2 N–H and O–H groups in total. The van der Waals surface area contributed by atoms with Crippen LogP contribution in [0.4, 0.5) is 5.69 Å². The Kier molecular flexibility index (Phi) is 5.87. The van der Waals surface area contributed by atoms with Crippen LogP contribution in [0, 0.1) is 0 Å². The molecule has 5 heteroatoms. The number of anilines is 1. The normalized spacial score (nSPS) is 25.2. The molecule has 1 amide bonds. The molecule has 24 heavy (non-hydrogen) atoms. The maximum atomic E-state index is 11.2. The van der Waals surface area contributed by atoms with Crippen molar-refractivity contribution in [2.45, 2.75) is 51.2 Å². The predicted molar refractivity (Wildman–Crippen MR) is 95.9 cm³/mol. The molecule has 2 aliphatic rings. The van der Waals surface area contributed by atoms with E-state index in [-0.39, 0.29) is 12.5 Å². The van der Waals surface area contributed by atoms with Gasteiger partial charge in [0, 0.05) is 37.8 Å². The Morgan fingerprint density at radius 2 is 1.96 bits per heavy atom. The Hall–Kier alpha value is -1.43. The van der Waals surface area contributed by atoms with Crippen LogP contribution in [-0.4, -0.2) is 59.1 Å². The third-order valence-corrected chi connectivity index (χ3v) is 5.29. The summed E-state index contributed by atoms with van der Waals surface area (Å²) in [6.07, 6.45) is 4.81. The fraction of sp³-hybridized carbons (Fsp3) is 0.632. The highest BCUT2D eigenvalue weighted by Gasteiger charge is 2.31. The fourth-order valence-electron chi connectivity index (χ4n) is 4.11. The molecule has 5 nitrogen and oxygen atoms in total. The molecule has 132 valence electrons. The van der Waals surface area contributed by atoms with Crippen LogP contribution in [0.2, 0.25) is 0 Å². The van der Waals surface area contributed by atoms with Crippen molar-refractivity contribution in [3.63, 3.8) is 0 Å². The number of nitrogens with one attached hydrogen (secondary N) is 1. The van der Waals surface area contributed by atoms with E-state index in [9.17, 15) is 9.90 Å². The molecular formula is C19H29N3O2. The highest BCUT2D eigenvalue weighted by atomic mass is 16.3. The minimum atomic E-state index is -0.0322. The van der Waals surface area contributed by atoms with Gasteiger partial charge in [-0.2, -0.15) is 0 Å². The lowest BCUT2D eigenvalue weighted by molar-refractivity contribution is -0.114. The summed E-state index contributed by atoms with van der Waals surface area (Å²) >= 11 is 0. The van der Waals surface area contributed by atoms with Crippen LogP contribution >= 0.6 is 0 Å². The van der Waals surface area contributed by atoms with Gasteiger partial charge in [0.1, 0.15) is 0 Å². The number of likely N-dealkylation sites (tertiary alicyclic amines) is 2. The van der Waals surface area contributed by atoms with Gasteiger partial charge < -0.3 is 10.4 Å². The fourth-order valence-corrected chi connectivity index (χ4v) is 4.11. The second-order valence-electron chi connectivity index (χ2n) is 7.12. The quantitative estimate of drug-likeness (QED) is 0.838. The minimum absolute atomic E-state index is 0.0322. The first-order chi connectivity index (χ1) is 11.7. The number of amides is 1. The molecule has 2 atom stereocenters. The Morgan fingerprint density at radius 3 is 2.71 bits per heavy atom. The van der Waals surface area contributed by atoms with E-state index in [0.717, 1.165) is 38.3 Å². The first-order valence-electron chi connectivity index (χ1n) is 9.11. The van der Waals surface area contributed by atoms with E-state index in [1.54, 1.807) is 0 Å². The maximum absolute atomic E-state index is 11.2. The first-order valence-corrected chi connectivity index (χ1v) is 9.11. The molecule has 2 unspecified atom stereocenters. The number of carbonyl (C=O) groups excluding carboxylic acids is 1. The van der Waals surface area contributed by atoms with Gasteiger partial charge in [0.05, 0.1) is 6.61 Å². The molecule has 2 heterocycles. The van der Waals surface area contributed by atoms with Gasteiger partial charge >= 0.3 is 0 Å². The SMILES string of the molecule is CC(=O)Nc1cccc(CN2CCCC2CN2CCCC2CO)c1. The van der Waals surface area contributed by atoms with E-state index in [0.29, 0.717) is 12.1 Å². The van der Waals surface area contributed by atoms with Crippen molar-refractivity contribution in [3.8, 4) is 0 Å². The molecule has 3 rings (SSSR count). The van der Waals surface area contributed by atoms with E-state index in [1.807, 2.05) is 12.1 Å². The van der Waals surface area contributed by atoms with Gasteiger partial charge in [-0.25, -0.2) is 0 Å². The van der Waals surface area contributed by atoms with Gasteiger partial charge in [0.2, 0.25) is 5.91 Å². The summed E-state index contributed by atoms with van der Waals surface area (Å²) in [6, 6.07) is 9.07. The number of hydrogen-bond donors (Lipinski definition) is 2. The molecule has 2 saturated heterocycles. The standard InChI is InChI=1S/C19H29N3O2/c1-15(24)20-17-6-2-5-16(11-17)12-21-9-3-7-18(21)13-22-10-4-8-19(22)14-23/h2,5-6,11,18-19,23H,3-4,7-10,12-14H2,1H3,(H,20,24). The molecule has 0 aromatic heterocycles. The lowest BCUT2D eigenvalue weighted by atomic mass is 10.1. The van der Waals surface area contributed by atoms with E-state index in [2.05, 4.69) is 27.2 Å². The van der Waals surface area contributed by atoms with Gasteiger partial charge in [0.15, 0.2) is 0 Å². The maximum Gasteiger partial charge on any atom is 0.221 e. The molecule has 2 fully saturated rings. The Bertz CT molecular complexity index is 563. The Balaban J connectivity index is 1.60. The Morgan fingerprint density at radius 1 is 1.21 bits per heavy atom. The zero-order valence-corrected chi connectivity index (χ0v) is 14.6. The van der Waals surface area contributed by atoms with Gasteiger partial charge in [-0.15, -0.1) is 0 Å². The number of aliphatic hydroxyl groups is 1. The third-order valence-electron chi connectivity index (χ3n) is 5.29. The van der Waals surface area contributed by atoms with E-state index in [4.69, 9.17) is 0 Å². The first kappa shape index (κ1) is 17.4. The summed E-state index contributed by atoms with van der Waals surface area (Å²) in [7, 11) is 0. The summed E-state index contributed by atoms with van der Waals surface area (Å²) in [6.45, 7) is 6.06. The summed E-state index contributed by atoms with van der Waals surface area (Å²) in [5, 5.41) is 12.4. The second-order valence-corrected chi connectivity index (χ2v) is 7.12. The lowest BCUT2D eigenvalue weighted by Crippen LogP contribution is -2.43. The van der Waals surface area contributed by atoms with Crippen LogP contribution in [0.25, 0.3) is 0 Å². The smallest absolute Gasteiger partial charge is 0.221 e. The van der Waals surface area contributed by atoms with E-state index < -0.39 is 0 Å². The number of rotatable bonds is 6. The zero-order valence-electron chi connectivity index (χ0n) is 14.6. The number of hydrogen-bond acceptors (Lipinski definition) is 4. The summed E-state index contributed by atoms with van der Waals surface area (Å²) < 4.78 is 0. The second kappa shape index (κ2) is 8.10. The number of aliphatic hydroxyl groups excluding tert-OH is 1. The summed E-state index contributed by atoms with van der Waals surface area (Å²) in [5.41, 5.74) is 2.11. The molecular weight excluding hydrogens is 302 g/mol. The van der Waals surface area contributed by atoms with Gasteiger partial charge in [-0.1, -0.05) is 12.1 Å². The molecule has 0 aliphatic carbocycles. The predicted octanol–water partition coefficient (Wildman–Crippen LogP) is 2.07. The van der Waals surface area contributed by atoms with Crippen molar-refractivity contribution in [1.29, 1.82) is 0 Å². The molecule has 2 aliphatic heterocycles. The van der Waals surface area contributed by atoms with Gasteiger partial charge in [-0.05, 0) is 56.5 Å². The monoisotopic (exact) mass is 331 g/mol. The van der Waals surface area contributed by atoms with Gasteiger partial charge in [-0.3, -0.25) is 14.6 Å². The van der Waals surface area contributed by atoms with Crippen molar-refractivity contribution in [2.75, 3.05) is 31.6 Å². The van der Waals surface area contributed by atoms with Crippen LogP contribution < -0.4 is 5.32 Å². The minimum Gasteiger partial charge on any atom is -0.395 e. The lowest BCUT2D eigenvalue weighted by Gasteiger charge is -2.31. The molecule has 0 saturated carbocycles. The largest absolute Gasteiger partial charge is 0.395 e. The van der Waals surface area contributed by atoms with Crippen LogP contribution in [0.15, 0.2) is 24.3 Å². The van der Waals surface area contributed by atoms with Crippen molar-refractivity contribution in [1.82, 2.24) is 9.80 Å². The highest BCUT2D eigenvalue weighted by Crippen LogP contribution is 2.25. The molecule has 0 spiro atoms. The molecule has 1 aromatic carbocycles. The topological polar surface area (TPSA) is 55.8 Å². The number of carbonyl (C=O) groups is 1. The van der Waals surface area contributed by atoms with Crippen LogP contribution in [0.1, 0.15) is 38.2 Å². The zero-order chi connectivity index (χ0) is 16.9. The van der Waals surface area contributed by atoms with E-state index >= 15 is 0 Å². The molecule has 0 radical (unpaired) electrons.